The van der Waals surface area contributed by atoms with E-state index in [-0.39, 0.29) is 22.8 Å². The fraction of sp³-hybridized carbons (Fsp3) is 0.167. The maximum absolute atomic E-state index is 14.0. The molecule has 4 aromatic rings. The van der Waals surface area contributed by atoms with Gasteiger partial charge in [0, 0.05) is 5.56 Å². The van der Waals surface area contributed by atoms with E-state index in [2.05, 4.69) is 24.8 Å². The number of aromatic nitrogens is 4. The van der Waals surface area contributed by atoms with Crippen molar-refractivity contribution in [2.45, 2.75) is 25.3 Å². The summed E-state index contributed by atoms with van der Waals surface area (Å²) in [6.07, 6.45) is 0. The smallest absolute Gasteiger partial charge is 0.264 e. The van der Waals surface area contributed by atoms with Gasteiger partial charge >= 0.3 is 0 Å². The normalized spacial score (nSPS) is 11.8. The molecule has 8 nitrogen and oxygen atoms in total. The van der Waals surface area contributed by atoms with Crippen LogP contribution in [0.4, 0.5) is 10.1 Å². The average molecular weight is 401 g/mol. The van der Waals surface area contributed by atoms with E-state index in [0.717, 1.165) is 0 Å². The summed E-state index contributed by atoms with van der Waals surface area (Å²) in [5.41, 5.74) is 2.32. The van der Waals surface area contributed by atoms with Crippen molar-refractivity contribution in [2.24, 2.45) is 0 Å². The standard InChI is InChI=1S/C18H16FN5O3S/c1-11-17(12(2)24(20-11)10-13-6-3-4-7-14(13)19)23-28(25,26)16-9-5-8-15-18(16)22-27-21-15/h3-9,23H,10H2,1-2H3. The van der Waals surface area contributed by atoms with Crippen LogP contribution in [0.15, 0.2) is 52.0 Å². The summed E-state index contributed by atoms with van der Waals surface area (Å²) < 4.78 is 48.5. The molecular weight excluding hydrogens is 385 g/mol. The van der Waals surface area contributed by atoms with Crippen LogP contribution >= 0.6 is 0 Å². The molecule has 144 valence electrons. The highest BCUT2D eigenvalue weighted by molar-refractivity contribution is 7.93. The number of aryl methyl sites for hydroxylation is 1. The third-order valence-electron chi connectivity index (χ3n) is 4.43. The second kappa shape index (κ2) is 6.71. The number of nitrogens with zero attached hydrogens (tertiary/aromatic N) is 4. The fourth-order valence-corrected chi connectivity index (χ4v) is 4.30. The average Bonchev–Trinajstić information content (AvgIpc) is 3.23. The summed E-state index contributed by atoms with van der Waals surface area (Å²) in [5.74, 6) is -0.345. The second-order valence-corrected chi connectivity index (χ2v) is 7.94. The zero-order valence-electron chi connectivity index (χ0n) is 15.0. The number of anilines is 1. The predicted molar refractivity (Wildman–Crippen MR) is 99.8 cm³/mol. The van der Waals surface area contributed by atoms with E-state index >= 15 is 0 Å². The van der Waals surface area contributed by atoms with E-state index in [1.54, 1.807) is 48.9 Å². The Labute approximate surface area is 160 Å². The summed E-state index contributed by atoms with van der Waals surface area (Å²) in [5, 5.41) is 11.7. The van der Waals surface area contributed by atoms with Crippen LogP contribution in [0.2, 0.25) is 0 Å². The molecule has 10 heteroatoms. The molecule has 0 saturated heterocycles. The minimum atomic E-state index is -3.96. The Balaban J connectivity index is 1.70. The number of halogens is 1. The van der Waals surface area contributed by atoms with Gasteiger partial charge in [-0.25, -0.2) is 17.4 Å². The molecule has 0 fully saturated rings. The lowest BCUT2D eigenvalue weighted by atomic mass is 10.2. The Morgan fingerprint density at radius 1 is 1.11 bits per heavy atom. The van der Waals surface area contributed by atoms with Crippen LogP contribution in [0.1, 0.15) is 17.0 Å². The molecule has 0 bridgehead atoms. The molecule has 0 unspecified atom stereocenters. The number of rotatable bonds is 5. The van der Waals surface area contributed by atoms with Gasteiger partial charge in [-0.2, -0.15) is 5.10 Å². The number of sulfonamides is 1. The Hall–Kier alpha value is -3.27. The summed E-state index contributed by atoms with van der Waals surface area (Å²) in [6.45, 7) is 3.59. The van der Waals surface area contributed by atoms with Gasteiger partial charge in [0.05, 0.1) is 23.6 Å². The minimum absolute atomic E-state index is 0.0492. The number of fused-ring (bicyclic) bond motifs is 1. The molecule has 0 spiro atoms. The van der Waals surface area contributed by atoms with Gasteiger partial charge in [0.2, 0.25) is 0 Å². The third kappa shape index (κ3) is 3.11. The van der Waals surface area contributed by atoms with Gasteiger partial charge in [0.15, 0.2) is 5.52 Å². The molecule has 28 heavy (non-hydrogen) atoms. The molecule has 1 N–H and O–H groups in total. The molecule has 4 rings (SSSR count). The number of nitrogens with one attached hydrogen (secondary N) is 1. The summed E-state index contributed by atoms with van der Waals surface area (Å²) in [6, 6.07) is 11.0. The Morgan fingerprint density at radius 2 is 1.89 bits per heavy atom. The van der Waals surface area contributed by atoms with E-state index in [4.69, 9.17) is 0 Å². The lowest BCUT2D eigenvalue weighted by Gasteiger charge is -2.09. The molecule has 2 aromatic heterocycles. The van der Waals surface area contributed by atoms with E-state index in [1.807, 2.05) is 0 Å². The molecule has 0 aliphatic rings. The van der Waals surface area contributed by atoms with Crippen molar-refractivity contribution in [2.75, 3.05) is 4.72 Å². The van der Waals surface area contributed by atoms with Crippen molar-refractivity contribution in [1.29, 1.82) is 0 Å². The van der Waals surface area contributed by atoms with Gasteiger partial charge in [-0.1, -0.05) is 24.3 Å². The number of benzene rings is 2. The van der Waals surface area contributed by atoms with Crippen molar-refractivity contribution in [1.82, 2.24) is 20.1 Å². The molecular formula is C18H16FN5O3S. The van der Waals surface area contributed by atoms with Crippen molar-refractivity contribution >= 4 is 26.7 Å². The van der Waals surface area contributed by atoms with Crippen LogP contribution in [0.3, 0.4) is 0 Å². The van der Waals surface area contributed by atoms with E-state index in [1.165, 1.54) is 12.1 Å². The maximum atomic E-state index is 14.0. The van der Waals surface area contributed by atoms with E-state index in [9.17, 15) is 12.8 Å². The molecule has 0 aliphatic carbocycles. The van der Waals surface area contributed by atoms with Crippen LogP contribution in [-0.2, 0) is 16.6 Å². The van der Waals surface area contributed by atoms with Crippen LogP contribution in [0, 0.1) is 19.7 Å². The van der Waals surface area contributed by atoms with E-state index in [0.29, 0.717) is 28.2 Å². The van der Waals surface area contributed by atoms with Crippen LogP contribution in [0.5, 0.6) is 0 Å². The monoisotopic (exact) mass is 401 g/mol. The number of hydrogen-bond donors (Lipinski definition) is 1. The van der Waals surface area contributed by atoms with Crippen molar-refractivity contribution < 1.29 is 17.4 Å². The van der Waals surface area contributed by atoms with Crippen LogP contribution in [0.25, 0.3) is 11.0 Å². The minimum Gasteiger partial charge on any atom is -0.276 e. The molecule has 0 saturated carbocycles. The first-order valence-corrected chi connectivity index (χ1v) is 9.86. The first-order chi connectivity index (χ1) is 13.4. The SMILES string of the molecule is Cc1nn(Cc2ccccc2F)c(C)c1NS(=O)(=O)c1cccc2nonc12. The molecule has 0 amide bonds. The second-order valence-electron chi connectivity index (χ2n) is 6.29. The van der Waals surface area contributed by atoms with E-state index < -0.39 is 10.0 Å². The first-order valence-electron chi connectivity index (χ1n) is 8.38. The zero-order chi connectivity index (χ0) is 19.9. The highest BCUT2D eigenvalue weighted by atomic mass is 32.2. The van der Waals surface area contributed by atoms with Gasteiger partial charge in [-0.15, -0.1) is 0 Å². The summed E-state index contributed by atoms with van der Waals surface area (Å²) in [7, 11) is -3.96. The Kier molecular flexibility index (Phi) is 4.34. The first kappa shape index (κ1) is 18.1. The number of hydrogen-bond acceptors (Lipinski definition) is 6. The van der Waals surface area contributed by atoms with Crippen LogP contribution < -0.4 is 4.72 Å². The maximum Gasteiger partial charge on any atom is 0.264 e. The summed E-state index contributed by atoms with van der Waals surface area (Å²) >= 11 is 0. The van der Waals surface area contributed by atoms with Crippen LogP contribution in [-0.4, -0.2) is 28.5 Å². The highest BCUT2D eigenvalue weighted by Crippen LogP contribution is 2.27. The molecule has 0 atom stereocenters. The quantitative estimate of drug-likeness (QED) is 0.551. The largest absolute Gasteiger partial charge is 0.276 e. The van der Waals surface area contributed by atoms with Gasteiger partial charge in [0.25, 0.3) is 10.0 Å². The zero-order valence-corrected chi connectivity index (χ0v) is 15.9. The fourth-order valence-electron chi connectivity index (χ4n) is 2.97. The third-order valence-corrected chi connectivity index (χ3v) is 5.82. The molecule has 0 radical (unpaired) electrons. The van der Waals surface area contributed by atoms with Gasteiger partial charge < -0.3 is 0 Å². The Bertz CT molecular complexity index is 1280. The lowest BCUT2D eigenvalue weighted by molar-refractivity contribution is 0.315. The van der Waals surface area contributed by atoms with Crippen molar-refractivity contribution in [3.8, 4) is 0 Å². The lowest BCUT2D eigenvalue weighted by Crippen LogP contribution is -2.15. The topological polar surface area (TPSA) is 103 Å². The van der Waals surface area contributed by atoms with Gasteiger partial charge in [0.1, 0.15) is 16.2 Å². The predicted octanol–water partition coefficient (Wildman–Crippen LogP) is 3.02. The van der Waals surface area contributed by atoms with Crippen molar-refractivity contribution in [3.63, 3.8) is 0 Å². The molecule has 2 aromatic carbocycles. The highest BCUT2D eigenvalue weighted by Gasteiger charge is 2.24. The van der Waals surface area contributed by atoms with Gasteiger partial charge in [-0.05, 0) is 42.4 Å². The van der Waals surface area contributed by atoms with Gasteiger partial charge in [-0.3, -0.25) is 9.40 Å². The van der Waals surface area contributed by atoms with Crippen molar-refractivity contribution in [3.05, 3.63) is 65.2 Å². The summed E-state index contributed by atoms with van der Waals surface area (Å²) in [4.78, 5) is -0.0492. The molecule has 2 heterocycles. The Morgan fingerprint density at radius 3 is 2.68 bits per heavy atom. The molecule has 0 aliphatic heterocycles.